The summed E-state index contributed by atoms with van der Waals surface area (Å²) in [7, 11) is 0. The predicted octanol–water partition coefficient (Wildman–Crippen LogP) is 3.22. The zero-order valence-corrected chi connectivity index (χ0v) is 14.6. The van der Waals surface area contributed by atoms with E-state index in [2.05, 4.69) is 25.7 Å². The molecule has 1 aromatic carbocycles. The standard InChI is InChI=1S/C19H19N5O3/c25-19(21-18-5-2-10-27-18)20-15-4-1-3-14(13-15)16-6-7-17(23-22-16)24-8-11-26-12-9-24/h1-7,10,13H,8-9,11-12H2,(H2,20,21,25). The third-order valence-corrected chi connectivity index (χ3v) is 4.16. The molecule has 1 fully saturated rings. The van der Waals surface area contributed by atoms with Gasteiger partial charge in [0.25, 0.3) is 0 Å². The molecule has 2 amide bonds. The van der Waals surface area contributed by atoms with Crippen LogP contribution in [0.15, 0.2) is 59.2 Å². The average molecular weight is 365 g/mol. The zero-order valence-electron chi connectivity index (χ0n) is 14.6. The number of amides is 2. The third kappa shape index (κ3) is 4.24. The molecule has 1 aliphatic heterocycles. The van der Waals surface area contributed by atoms with E-state index in [1.807, 2.05) is 30.3 Å². The minimum atomic E-state index is -0.379. The highest BCUT2D eigenvalue weighted by Gasteiger charge is 2.13. The van der Waals surface area contributed by atoms with Gasteiger partial charge in [-0.15, -0.1) is 10.2 Å². The summed E-state index contributed by atoms with van der Waals surface area (Å²) >= 11 is 0. The molecule has 8 heteroatoms. The summed E-state index contributed by atoms with van der Waals surface area (Å²) in [5.74, 6) is 1.22. The van der Waals surface area contributed by atoms with Crippen molar-refractivity contribution in [3.05, 3.63) is 54.8 Å². The minimum Gasteiger partial charge on any atom is -0.449 e. The Morgan fingerprint density at radius 1 is 1.00 bits per heavy atom. The summed E-state index contributed by atoms with van der Waals surface area (Å²) in [6.45, 7) is 3.05. The van der Waals surface area contributed by atoms with Crippen molar-refractivity contribution in [2.75, 3.05) is 41.8 Å². The predicted molar refractivity (Wildman–Crippen MR) is 102 cm³/mol. The lowest BCUT2D eigenvalue weighted by atomic mass is 10.1. The van der Waals surface area contributed by atoms with E-state index in [1.54, 1.807) is 18.2 Å². The summed E-state index contributed by atoms with van der Waals surface area (Å²) in [4.78, 5) is 14.2. The van der Waals surface area contributed by atoms with Crippen LogP contribution in [0.5, 0.6) is 0 Å². The first-order valence-electron chi connectivity index (χ1n) is 8.66. The lowest BCUT2D eigenvalue weighted by molar-refractivity contribution is 0.122. The molecule has 0 bridgehead atoms. The van der Waals surface area contributed by atoms with Gasteiger partial charge in [-0.25, -0.2) is 4.79 Å². The summed E-state index contributed by atoms with van der Waals surface area (Å²) < 4.78 is 10.5. The van der Waals surface area contributed by atoms with Crippen molar-refractivity contribution in [2.24, 2.45) is 0 Å². The van der Waals surface area contributed by atoms with Crippen LogP contribution in [0.1, 0.15) is 0 Å². The number of morpholine rings is 1. The normalized spacial score (nSPS) is 14.0. The van der Waals surface area contributed by atoms with Crippen LogP contribution in [0.4, 0.5) is 22.2 Å². The van der Waals surface area contributed by atoms with Crippen molar-refractivity contribution in [3.8, 4) is 11.3 Å². The first-order chi connectivity index (χ1) is 13.3. The number of urea groups is 1. The molecule has 0 saturated carbocycles. The lowest BCUT2D eigenvalue weighted by Crippen LogP contribution is -2.36. The third-order valence-electron chi connectivity index (χ3n) is 4.16. The van der Waals surface area contributed by atoms with Gasteiger partial charge in [0.1, 0.15) is 0 Å². The number of nitrogens with one attached hydrogen (secondary N) is 2. The number of hydrogen-bond acceptors (Lipinski definition) is 6. The van der Waals surface area contributed by atoms with E-state index in [9.17, 15) is 4.79 Å². The molecule has 138 valence electrons. The molecule has 27 heavy (non-hydrogen) atoms. The Bertz CT molecular complexity index is 890. The Kier molecular flexibility index (Phi) is 4.97. The Labute approximate surface area is 156 Å². The Balaban J connectivity index is 1.44. The largest absolute Gasteiger partial charge is 0.449 e. The Hall–Kier alpha value is -3.39. The van der Waals surface area contributed by atoms with Gasteiger partial charge in [-0.3, -0.25) is 5.32 Å². The number of ether oxygens (including phenoxy) is 1. The zero-order chi connectivity index (χ0) is 18.5. The van der Waals surface area contributed by atoms with Crippen LogP contribution < -0.4 is 15.5 Å². The van der Waals surface area contributed by atoms with Gasteiger partial charge in [0.15, 0.2) is 5.82 Å². The van der Waals surface area contributed by atoms with Crippen LogP contribution in [0.3, 0.4) is 0 Å². The highest BCUT2D eigenvalue weighted by molar-refractivity contribution is 5.99. The fourth-order valence-electron chi connectivity index (χ4n) is 2.82. The molecule has 2 N–H and O–H groups in total. The van der Waals surface area contributed by atoms with Gasteiger partial charge in [0.05, 0.1) is 25.2 Å². The molecule has 1 saturated heterocycles. The highest BCUT2D eigenvalue weighted by Crippen LogP contribution is 2.22. The number of nitrogens with zero attached hydrogens (tertiary/aromatic N) is 3. The summed E-state index contributed by atoms with van der Waals surface area (Å²) in [6, 6.07) is 14.3. The monoisotopic (exact) mass is 365 g/mol. The molecule has 3 heterocycles. The SMILES string of the molecule is O=C(Nc1cccc(-c2ccc(N3CCOCC3)nn2)c1)Nc1ccco1. The van der Waals surface area contributed by atoms with E-state index in [-0.39, 0.29) is 6.03 Å². The maximum atomic E-state index is 12.0. The number of furan rings is 1. The van der Waals surface area contributed by atoms with Crippen LogP contribution in [0, 0.1) is 0 Å². The van der Waals surface area contributed by atoms with E-state index < -0.39 is 0 Å². The van der Waals surface area contributed by atoms with E-state index in [4.69, 9.17) is 9.15 Å². The van der Waals surface area contributed by atoms with Gasteiger partial charge < -0.3 is 19.4 Å². The van der Waals surface area contributed by atoms with Gasteiger partial charge in [-0.2, -0.15) is 0 Å². The van der Waals surface area contributed by atoms with Crippen molar-refractivity contribution >= 4 is 23.4 Å². The average Bonchev–Trinajstić information content (AvgIpc) is 3.22. The molecule has 8 nitrogen and oxygen atoms in total. The second kappa shape index (κ2) is 7.88. The number of hydrogen-bond donors (Lipinski definition) is 2. The van der Waals surface area contributed by atoms with Crippen LogP contribution in [0.25, 0.3) is 11.3 Å². The topological polar surface area (TPSA) is 92.5 Å². The number of carbonyl (C=O) groups is 1. The second-order valence-electron chi connectivity index (χ2n) is 6.01. The lowest BCUT2D eigenvalue weighted by Gasteiger charge is -2.27. The number of carbonyl (C=O) groups excluding carboxylic acids is 1. The number of rotatable bonds is 4. The van der Waals surface area contributed by atoms with Crippen LogP contribution in [-0.2, 0) is 4.74 Å². The Morgan fingerprint density at radius 2 is 1.89 bits per heavy atom. The molecular formula is C19H19N5O3. The first kappa shape index (κ1) is 17.0. The summed E-state index contributed by atoms with van der Waals surface area (Å²) in [5.41, 5.74) is 2.25. The quantitative estimate of drug-likeness (QED) is 0.737. The fraction of sp³-hybridized carbons (Fsp3) is 0.211. The molecule has 0 unspecified atom stereocenters. The van der Waals surface area contributed by atoms with Crippen molar-refractivity contribution in [1.82, 2.24) is 10.2 Å². The smallest absolute Gasteiger partial charge is 0.326 e. The molecule has 2 aromatic heterocycles. The molecule has 1 aliphatic rings. The van der Waals surface area contributed by atoms with Crippen LogP contribution >= 0.6 is 0 Å². The summed E-state index contributed by atoms with van der Waals surface area (Å²) in [6.07, 6.45) is 1.50. The minimum absolute atomic E-state index is 0.379. The van der Waals surface area contributed by atoms with Crippen molar-refractivity contribution in [3.63, 3.8) is 0 Å². The fourth-order valence-corrected chi connectivity index (χ4v) is 2.82. The first-order valence-corrected chi connectivity index (χ1v) is 8.66. The van der Waals surface area contributed by atoms with E-state index in [0.29, 0.717) is 24.8 Å². The van der Waals surface area contributed by atoms with Crippen molar-refractivity contribution < 1.29 is 13.9 Å². The van der Waals surface area contributed by atoms with E-state index in [0.717, 1.165) is 30.2 Å². The van der Waals surface area contributed by atoms with E-state index >= 15 is 0 Å². The van der Waals surface area contributed by atoms with Crippen LogP contribution in [-0.4, -0.2) is 42.5 Å². The van der Waals surface area contributed by atoms with Gasteiger partial charge in [0, 0.05) is 30.4 Å². The maximum Gasteiger partial charge on any atom is 0.326 e. The molecule has 0 radical (unpaired) electrons. The highest BCUT2D eigenvalue weighted by atomic mass is 16.5. The molecule has 0 aliphatic carbocycles. The summed E-state index contributed by atoms with van der Waals surface area (Å²) in [5, 5.41) is 14.0. The van der Waals surface area contributed by atoms with Crippen molar-refractivity contribution in [2.45, 2.75) is 0 Å². The van der Waals surface area contributed by atoms with E-state index in [1.165, 1.54) is 6.26 Å². The van der Waals surface area contributed by atoms with Gasteiger partial charge in [-0.1, -0.05) is 12.1 Å². The second-order valence-corrected chi connectivity index (χ2v) is 6.01. The molecule has 4 rings (SSSR count). The maximum absolute atomic E-state index is 12.0. The number of anilines is 3. The molecule has 3 aromatic rings. The molecular weight excluding hydrogens is 346 g/mol. The molecule has 0 atom stereocenters. The number of aromatic nitrogens is 2. The van der Waals surface area contributed by atoms with Gasteiger partial charge in [-0.05, 0) is 30.3 Å². The van der Waals surface area contributed by atoms with Gasteiger partial charge >= 0.3 is 6.03 Å². The van der Waals surface area contributed by atoms with Crippen molar-refractivity contribution in [1.29, 1.82) is 0 Å². The van der Waals surface area contributed by atoms with Crippen LogP contribution in [0.2, 0.25) is 0 Å². The molecule has 0 spiro atoms. The number of benzene rings is 1. The Morgan fingerprint density at radius 3 is 2.63 bits per heavy atom. The van der Waals surface area contributed by atoms with Gasteiger partial charge in [0.2, 0.25) is 5.88 Å².